The molecular formula is C45H56FNO4S. The lowest BCUT2D eigenvalue weighted by atomic mass is 9.95. The van der Waals surface area contributed by atoms with E-state index >= 15 is 0 Å². The molecule has 1 heterocycles. The van der Waals surface area contributed by atoms with Crippen molar-refractivity contribution in [1.82, 2.24) is 5.32 Å². The van der Waals surface area contributed by atoms with Gasteiger partial charge in [-0.1, -0.05) is 115 Å². The predicted octanol–water partition coefficient (Wildman–Crippen LogP) is 11.1. The third kappa shape index (κ3) is 12.4. The van der Waals surface area contributed by atoms with Crippen molar-refractivity contribution in [3.05, 3.63) is 131 Å². The van der Waals surface area contributed by atoms with Gasteiger partial charge in [-0.3, -0.25) is 4.79 Å². The van der Waals surface area contributed by atoms with Gasteiger partial charge in [0.15, 0.2) is 5.78 Å². The van der Waals surface area contributed by atoms with Crippen LogP contribution < -0.4 is 10.1 Å². The first-order chi connectivity index (χ1) is 25.1. The monoisotopic (exact) mass is 725 g/mol. The highest BCUT2D eigenvalue weighted by atomic mass is 32.2. The fourth-order valence-electron chi connectivity index (χ4n) is 5.78. The Hall–Kier alpha value is -3.91. The van der Waals surface area contributed by atoms with E-state index in [9.17, 15) is 9.18 Å². The van der Waals surface area contributed by atoms with Crippen LogP contribution in [0.25, 0.3) is 10.5 Å². The molecule has 0 amide bonds. The van der Waals surface area contributed by atoms with Gasteiger partial charge >= 0.3 is 0 Å². The van der Waals surface area contributed by atoms with Crippen LogP contribution in [-0.4, -0.2) is 45.4 Å². The number of nitrogens with one attached hydrogen (secondary N) is 1. The van der Waals surface area contributed by atoms with E-state index in [1.165, 1.54) is 5.56 Å². The van der Waals surface area contributed by atoms with Crippen molar-refractivity contribution in [2.24, 2.45) is 11.8 Å². The van der Waals surface area contributed by atoms with Crippen molar-refractivity contribution >= 4 is 28.0 Å². The van der Waals surface area contributed by atoms with E-state index in [0.717, 1.165) is 68.3 Å². The average Bonchev–Trinajstić information content (AvgIpc) is 3.31. The summed E-state index contributed by atoms with van der Waals surface area (Å²) in [6, 6.07) is 19.4. The fourth-order valence-corrected chi connectivity index (χ4v) is 7.01. The molecule has 5 nitrogen and oxygen atoms in total. The molecule has 0 radical (unpaired) electrons. The molecule has 3 aromatic rings. The summed E-state index contributed by atoms with van der Waals surface area (Å²) in [6.07, 6.45) is 11.5. The summed E-state index contributed by atoms with van der Waals surface area (Å²) in [4.78, 5) is 14.6. The van der Waals surface area contributed by atoms with Gasteiger partial charge < -0.3 is 19.5 Å². The Labute approximate surface area is 315 Å². The molecule has 3 aromatic carbocycles. The van der Waals surface area contributed by atoms with Crippen molar-refractivity contribution in [2.75, 3.05) is 39.6 Å². The molecule has 0 aliphatic carbocycles. The van der Waals surface area contributed by atoms with Crippen LogP contribution in [0.5, 0.6) is 5.75 Å². The zero-order valence-corrected chi connectivity index (χ0v) is 32.6. The zero-order chi connectivity index (χ0) is 37.5. The largest absolute Gasteiger partial charge is 0.491 e. The Kier molecular flexibility index (Phi) is 16.5. The number of carbonyl (C=O) groups is 1. The van der Waals surface area contributed by atoms with E-state index in [1.54, 1.807) is 23.9 Å². The summed E-state index contributed by atoms with van der Waals surface area (Å²) in [6.45, 7) is 19.7. The Morgan fingerprint density at radius 3 is 2.42 bits per heavy atom. The van der Waals surface area contributed by atoms with Gasteiger partial charge in [0.25, 0.3) is 0 Å². The lowest BCUT2D eigenvalue weighted by Crippen LogP contribution is -2.19. The highest BCUT2D eigenvalue weighted by molar-refractivity contribution is 8.08. The molecule has 0 bridgehead atoms. The van der Waals surface area contributed by atoms with Crippen molar-refractivity contribution in [2.45, 2.75) is 71.6 Å². The van der Waals surface area contributed by atoms with Crippen LogP contribution in [0.15, 0.2) is 102 Å². The Morgan fingerprint density at radius 1 is 0.981 bits per heavy atom. The molecule has 2 atom stereocenters. The average molecular weight is 726 g/mol. The molecule has 1 aliphatic rings. The second-order valence-corrected chi connectivity index (χ2v) is 14.7. The molecule has 278 valence electrons. The van der Waals surface area contributed by atoms with E-state index in [4.69, 9.17) is 14.2 Å². The van der Waals surface area contributed by atoms with E-state index in [0.29, 0.717) is 51.4 Å². The Bertz CT molecular complexity index is 1730. The maximum absolute atomic E-state index is 14.1. The molecule has 7 heteroatoms. The number of fused-ring (bicyclic) bond motifs is 1. The maximum Gasteiger partial charge on any atom is 0.165 e. The van der Waals surface area contributed by atoms with Crippen molar-refractivity contribution in [1.29, 1.82) is 0 Å². The van der Waals surface area contributed by atoms with Gasteiger partial charge in [0.2, 0.25) is 0 Å². The van der Waals surface area contributed by atoms with Crippen LogP contribution in [0.4, 0.5) is 4.39 Å². The summed E-state index contributed by atoms with van der Waals surface area (Å²) < 4.78 is 31.4. The summed E-state index contributed by atoms with van der Waals surface area (Å²) in [7, 11) is 0. The molecule has 0 aromatic heterocycles. The second kappa shape index (κ2) is 21.0. The van der Waals surface area contributed by atoms with Gasteiger partial charge in [0, 0.05) is 33.5 Å². The van der Waals surface area contributed by atoms with E-state index in [1.807, 2.05) is 45.0 Å². The number of carbonyl (C=O) groups excluding carboxylic acids is 1. The lowest BCUT2D eigenvalue weighted by Gasteiger charge is -2.13. The highest BCUT2D eigenvalue weighted by Gasteiger charge is 2.18. The number of ether oxygens (including phenoxy) is 3. The molecule has 0 fully saturated rings. The smallest absolute Gasteiger partial charge is 0.165 e. The fraction of sp³-hybridized carbons (Fsp3) is 0.400. The summed E-state index contributed by atoms with van der Waals surface area (Å²) >= 11 is 1.65. The van der Waals surface area contributed by atoms with E-state index in [-0.39, 0.29) is 17.5 Å². The normalized spacial score (nSPS) is 15.3. The van der Waals surface area contributed by atoms with Crippen LogP contribution in [0.1, 0.15) is 92.9 Å². The van der Waals surface area contributed by atoms with Crippen molar-refractivity contribution in [3.63, 3.8) is 0 Å². The molecule has 1 aliphatic heterocycles. The van der Waals surface area contributed by atoms with Gasteiger partial charge in [-0.05, 0) is 88.9 Å². The van der Waals surface area contributed by atoms with Crippen LogP contribution >= 0.6 is 11.8 Å². The summed E-state index contributed by atoms with van der Waals surface area (Å²) in [5.74, 6) is 1.49. The molecule has 0 saturated carbocycles. The number of ketones is 1. The minimum Gasteiger partial charge on any atom is -0.491 e. The van der Waals surface area contributed by atoms with Crippen molar-refractivity contribution in [3.8, 4) is 5.75 Å². The highest BCUT2D eigenvalue weighted by Crippen LogP contribution is 2.43. The quantitative estimate of drug-likeness (QED) is 0.0711. The number of benzene rings is 3. The number of halogens is 1. The van der Waals surface area contributed by atoms with Gasteiger partial charge in [0.1, 0.15) is 18.2 Å². The van der Waals surface area contributed by atoms with Crippen LogP contribution in [0.2, 0.25) is 0 Å². The maximum atomic E-state index is 14.1. The molecule has 0 spiro atoms. The van der Waals surface area contributed by atoms with Gasteiger partial charge in [-0.15, -0.1) is 0 Å². The minimum absolute atomic E-state index is 0.0302. The van der Waals surface area contributed by atoms with E-state index < -0.39 is 0 Å². The first-order valence-corrected chi connectivity index (χ1v) is 19.5. The van der Waals surface area contributed by atoms with Gasteiger partial charge in [0.05, 0.1) is 26.4 Å². The number of hydrogen-bond acceptors (Lipinski definition) is 6. The second-order valence-electron chi connectivity index (χ2n) is 13.6. The van der Waals surface area contributed by atoms with Gasteiger partial charge in [-0.2, -0.15) is 0 Å². The molecule has 0 saturated heterocycles. The summed E-state index contributed by atoms with van der Waals surface area (Å²) in [5, 5.41) is 3.37. The Balaban J connectivity index is 1.22. The minimum atomic E-state index is -0.198. The first-order valence-electron chi connectivity index (χ1n) is 18.7. The molecule has 52 heavy (non-hydrogen) atoms. The van der Waals surface area contributed by atoms with E-state index in [2.05, 4.69) is 81.2 Å². The van der Waals surface area contributed by atoms with Crippen LogP contribution in [-0.2, 0) is 15.9 Å². The molecule has 1 N–H and O–H groups in total. The summed E-state index contributed by atoms with van der Waals surface area (Å²) in [5.41, 5.74) is 7.11. The number of hydrogen-bond donors (Lipinski definition) is 1. The Morgan fingerprint density at radius 2 is 1.71 bits per heavy atom. The van der Waals surface area contributed by atoms with Crippen LogP contribution in [0.3, 0.4) is 0 Å². The topological polar surface area (TPSA) is 56.8 Å². The van der Waals surface area contributed by atoms with Gasteiger partial charge in [-0.25, -0.2) is 4.39 Å². The predicted molar refractivity (Wildman–Crippen MR) is 216 cm³/mol. The number of Topliss-reactive ketones (excluding diaryl/α,β-unsaturated/α-hetero) is 1. The lowest BCUT2D eigenvalue weighted by molar-refractivity contribution is 0.0377. The number of allylic oxidation sites excluding steroid dienone is 5. The molecule has 4 rings (SSSR count). The van der Waals surface area contributed by atoms with Crippen molar-refractivity contribution < 1.29 is 23.4 Å². The van der Waals surface area contributed by atoms with Crippen LogP contribution in [0, 0.1) is 17.7 Å². The SMILES string of the molecule is C=C(/C=C(\C=C/C(C)CC)c1ccc(C2=CCC(C)c3ccc(F)cc3S2)cc1)NCCOCCOCCOc1ccc(C(=O)C(C)C)c(CC)c1. The molecule has 2 unspecified atom stereocenters. The zero-order valence-electron chi connectivity index (χ0n) is 31.8. The number of thioether (sulfide) groups is 1. The standard InChI is InChI=1S/C45H56FNO4S/c1-8-32(5)10-12-38(36-13-15-37(16-14-36)43-21-11-33(6)41-19-17-39(46)30-44(41)52-43)28-34(7)47-22-23-49-24-25-50-26-27-51-40-18-20-42(35(9-2)29-40)45(48)31(3)4/h10,12-21,28-33,47H,7-9,11,22-27H2,1-6H3/b12-10-,38-28+. The third-order valence-corrected chi connectivity index (χ3v) is 10.4. The molecular weight excluding hydrogens is 670 g/mol. The number of rotatable bonds is 20. The number of aryl methyl sites for hydroxylation is 1. The third-order valence-electron chi connectivity index (χ3n) is 9.18. The first kappa shape index (κ1) is 40.9.